The highest BCUT2D eigenvalue weighted by atomic mass is 32.2. The molecule has 0 aliphatic carbocycles. The van der Waals surface area contributed by atoms with Crippen LogP contribution in [0.4, 0.5) is 0 Å². The Bertz CT molecular complexity index is 570. The summed E-state index contributed by atoms with van der Waals surface area (Å²) in [6.45, 7) is 8.92. The van der Waals surface area contributed by atoms with Crippen molar-refractivity contribution in [2.24, 2.45) is 5.92 Å². The highest BCUT2D eigenvalue weighted by molar-refractivity contribution is 7.97. The number of benzene rings is 1. The van der Waals surface area contributed by atoms with Crippen LogP contribution in [0.3, 0.4) is 0 Å². The fourth-order valence-electron chi connectivity index (χ4n) is 2.64. The molecule has 1 aromatic heterocycles. The van der Waals surface area contributed by atoms with Crippen molar-refractivity contribution in [2.45, 2.75) is 57.4 Å². The highest BCUT2D eigenvalue weighted by Crippen LogP contribution is 2.32. The predicted octanol–water partition coefficient (Wildman–Crippen LogP) is 4.25. The molecule has 0 amide bonds. The minimum Gasteiger partial charge on any atom is -0.342 e. The summed E-state index contributed by atoms with van der Waals surface area (Å²) >= 11 is 1.77. The van der Waals surface area contributed by atoms with E-state index in [0.29, 0.717) is 17.9 Å². The maximum atomic E-state index is 4.71. The van der Waals surface area contributed by atoms with Crippen molar-refractivity contribution in [2.75, 3.05) is 0 Å². The van der Waals surface area contributed by atoms with Gasteiger partial charge >= 0.3 is 0 Å². The number of imidazole rings is 1. The zero-order valence-electron chi connectivity index (χ0n) is 12.7. The fourth-order valence-corrected chi connectivity index (χ4v) is 3.78. The largest absolute Gasteiger partial charge is 0.342 e. The van der Waals surface area contributed by atoms with Crippen molar-refractivity contribution in [3.63, 3.8) is 0 Å². The molecule has 1 unspecified atom stereocenters. The van der Waals surface area contributed by atoms with Crippen LogP contribution in [0.25, 0.3) is 11.0 Å². The van der Waals surface area contributed by atoms with E-state index in [-0.39, 0.29) is 0 Å². The third kappa shape index (κ3) is 2.59. The van der Waals surface area contributed by atoms with Crippen molar-refractivity contribution < 1.29 is 0 Å². The second kappa shape index (κ2) is 5.41. The van der Waals surface area contributed by atoms with Gasteiger partial charge in [0.05, 0.1) is 11.0 Å². The Morgan fingerprint density at radius 1 is 1.25 bits per heavy atom. The van der Waals surface area contributed by atoms with E-state index in [4.69, 9.17) is 4.98 Å². The van der Waals surface area contributed by atoms with Gasteiger partial charge in [0.2, 0.25) is 0 Å². The van der Waals surface area contributed by atoms with Gasteiger partial charge in [0.15, 0.2) is 0 Å². The van der Waals surface area contributed by atoms with Gasteiger partial charge in [-0.3, -0.25) is 4.72 Å². The van der Waals surface area contributed by atoms with Crippen LogP contribution in [0.15, 0.2) is 17.0 Å². The van der Waals surface area contributed by atoms with Gasteiger partial charge in [0.1, 0.15) is 5.82 Å². The second-order valence-electron chi connectivity index (χ2n) is 6.36. The summed E-state index contributed by atoms with van der Waals surface area (Å²) in [5.74, 6) is 2.20. The van der Waals surface area contributed by atoms with Crippen LogP contribution in [0.5, 0.6) is 0 Å². The summed E-state index contributed by atoms with van der Waals surface area (Å²) < 4.78 is 3.61. The maximum Gasteiger partial charge on any atom is 0.109 e. The molecule has 2 N–H and O–H groups in total. The molecule has 0 fully saturated rings. The van der Waals surface area contributed by atoms with Crippen LogP contribution < -0.4 is 4.72 Å². The number of nitrogens with one attached hydrogen (secondary N) is 2. The number of fused-ring (bicyclic) bond motifs is 2. The molecule has 3 nitrogen and oxygen atoms in total. The smallest absolute Gasteiger partial charge is 0.109 e. The standard InChI is InChI=1S/C16H23N3S/c1-9(2)12-6-5-11-7-13-14(8-15(11)20-19-12)18-16(17-13)10(3)4/h7-10,12,19H,5-6H2,1-4H3,(H,17,18). The molecule has 1 aliphatic rings. The Kier molecular flexibility index (Phi) is 3.78. The molecule has 1 atom stereocenters. The third-order valence-electron chi connectivity index (χ3n) is 4.08. The second-order valence-corrected chi connectivity index (χ2v) is 7.24. The number of H-pyrrole nitrogens is 1. The van der Waals surface area contributed by atoms with Gasteiger partial charge in [-0.1, -0.05) is 27.7 Å². The molecule has 2 heterocycles. The van der Waals surface area contributed by atoms with Gasteiger partial charge in [-0.05, 0) is 48.4 Å². The minimum atomic E-state index is 0.443. The molecule has 0 saturated carbocycles. The van der Waals surface area contributed by atoms with Gasteiger partial charge in [-0.15, -0.1) is 0 Å². The Labute approximate surface area is 125 Å². The van der Waals surface area contributed by atoms with Crippen LogP contribution in [-0.2, 0) is 6.42 Å². The molecule has 0 saturated heterocycles. The minimum absolute atomic E-state index is 0.443. The molecular formula is C16H23N3S. The molecule has 4 heteroatoms. The van der Waals surface area contributed by atoms with Crippen LogP contribution in [0.2, 0.25) is 0 Å². The number of nitrogens with zero attached hydrogens (tertiary/aromatic N) is 1. The lowest BCUT2D eigenvalue weighted by Gasteiger charge is -2.18. The first kappa shape index (κ1) is 14.0. The molecule has 108 valence electrons. The summed E-state index contributed by atoms with van der Waals surface area (Å²) in [7, 11) is 0. The van der Waals surface area contributed by atoms with Crippen molar-refractivity contribution >= 4 is 23.0 Å². The van der Waals surface area contributed by atoms with Crippen molar-refractivity contribution in [1.82, 2.24) is 14.7 Å². The highest BCUT2D eigenvalue weighted by Gasteiger charge is 2.20. The van der Waals surface area contributed by atoms with Crippen molar-refractivity contribution in [3.05, 3.63) is 23.5 Å². The number of hydrogen-bond acceptors (Lipinski definition) is 3. The first-order valence-corrected chi connectivity index (χ1v) is 8.31. The molecule has 3 rings (SSSR count). The van der Waals surface area contributed by atoms with Crippen LogP contribution in [0, 0.1) is 5.92 Å². The first-order chi connectivity index (χ1) is 9.54. The van der Waals surface area contributed by atoms with Gasteiger partial charge in [0, 0.05) is 16.9 Å². The topological polar surface area (TPSA) is 40.7 Å². The van der Waals surface area contributed by atoms with Crippen LogP contribution in [-0.4, -0.2) is 16.0 Å². The number of rotatable bonds is 2. The Balaban J connectivity index is 1.95. The Hall–Kier alpha value is -1.00. The van der Waals surface area contributed by atoms with Gasteiger partial charge < -0.3 is 4.98 Å². The van der Waals surface area contributed by atoms with E-state index in [9.17, 15) is 0 Å². The summed E-state index contributed by atoms with van der Waals surface area (Å²) in [6, 6.07) is 5.11. The molecule has 0 radical (unpaired) electrons. The molecule has 0 bridgehead atoms. The maximum absolute atomic E-state index is 4.71. The van der Waals surface area contributed by atoms with Gasteiger partial charge in [0.25, 0.3) is 0 Å². The number of aryl methyl sites for hydroxylation is 1. The van der Waals surface area contributed by atoms with E-state index < -0.39 is 0 Å². The summed E-state index contributed by atoms with van der Waals surface area (Å²) in [4.78, 5) is 9.50. The normalized spacial score (nSPS) is 19.6. The van der Waals surface area contributed by atoms with Gasteiger partial charge in [-0.2, -0.15) is 0 Å². The molecule has 1 aliphatic heterocycles. The van der Waals surface area contributed by atoms with Crippen molar-refractivity contribution in [1.29, 1.82) is 0 Å². The fraction of sp³-hybridized carbons (Fsp3) is 0.562. The summed E-state index contributed by atoms with van der Waals surface area (Å²) in [5.41, 5.74) is 3.71. The monoisotopic (exact) mass is 289 g/mol. The van der Waals surface area contributed by atoms with E-state index in [1.807, 2.05) is 0 Å². The van der Waals surface area contributed by atoms with Crippen LogP contribution >= 0.6 is 11.9 Å². The predicted molar refractivity (Wildman–Crippen MR) is 86.1 cm³/mol. The van der Waals surface area contributed by atoms with E-state index in [2.05, 4.69) is 49.5 Å². The van der Waals surface area contributed by atoms with E-state index >= 15 is 0 Å². The average Bonchev–Trinajstić information content (AvgIpc) is 2.69. The number of hydrogen-bond donors (Lipinski definition) is 2. The zero-order chi connectivity index (χ0) is 14.3. The quantitative estimate of drug-likeness (QED) is 0.812. The van der Waals surface area contributed by atoms with Gasteiger partial charge in [-0.25, -0.2) is 4.98 Å². The number of aromatic nitrogens is 2. The molecule has 20 heavy (non-hydrogen) atoms. The van der Waals surface area contributed by atoms with E-state index in [1.165, 1.54) is 22.4 Å². The summed E-state index contributed by atoms with van der Waals surface area (Å²) in [5, 5.41) is 0. The Morgan fingerprint density at radius 2 is 2.05 bits per heavy atom. The molecular weight excluding hydrogens is 266 g/mol. The molecule has 1 aromatic carbocycles. The van der Waals surface area contributed by atoms with E-state index in [0.717, 1.165) is 17.8 Å². The average molecular weight is 289 g/mol. The summed E-state index contributed by atoms with van der Waals surface area (Å²) in [6.07, 6.45) is 2.35. The molecule has 0 spiro atoms. The lowest BCUT2D eigenvalue weighted by atomic mass is 9.97. The molecule has 2 aromatic rings. The Morgan fingerprint density at radius 3 is 2.75 bits per heavy atom. The first-order valence-electron chi connectivity index (χ1n) is 7.49. The number of aromatic amines is 1. The SMILES string of the molecule is CC(C)c1nc2cc3c(cc2[nH]1)CCC(C(C)C)NS3. The van der Waals surface area contributed by atoms with Crippen LogP contribution in [0.1, 0.15) is 51.4 Å². The lowest BCUT2D eigenvalue weighted by molar-refractivity contribution is 0.443. The van der Waals surface area contributed by atoms with E-state index in [1.54, 1.807) is 11.9 Å². The lowest BCUT2D eigenvalue weighted by Crippen LogP contribution is -2.27. The third-order valence-corrected chi connectivity index (χ3v) is 5.10. The van der Waals surface area contributed by atoms with Crippen molar-refractivity contribution in [3.8, 4) is 0 Å². The zero-order valence-corrected chi connectivity index (χ0v) is 13.5.